The van der Waals surface area contributed by atoms with E-state index < -0.39 is 11.9 Å². The number of aromatic nitrogens is 2. The molecule has 5 aromatic rings. The number of fused-ring (bicyclic) bond motifs is 1. The van der Waals surface area contributed by atoms with Crippen molar-refractivity contribution < 1.29 is 8.78 Å². The Hall–Kier alpha value is -3.77. The molecule has 0 aliphatic rings. The summed E-state index contributed by atoms with van der Waals surface area (Å²) in [5.74, 6) is -0.892. The molecule has 1 atom stereocenters. The number of rotatable bonds is 6. The second-order valence-electron chi connectivity index (χ2n) is 7.80. The number of hydrogen-bond donors (Lipinski definition) is 2. The third-order valence-corrected chi connectivity index (χ3v) is 6.61. The Bertz CT molecular complexity index is 1600. The molecule has 1 unspecified atom stereocenters. The van der Waals surface area contributed by atoms with Gasteiger partial charge in [-0.3, -0.25) is 4.98 Å². The maximum absolute atomic E-state index is 13.7. The lowest BCUT2D eigenvalue weighted by molar-refractivity contribution is 0.626. The Kier molecular flexibility index (Phi) is 6.70. The van der Waals surface area contributed by atoms with Crippen LogP contribution in [0.25, 0.3) is 10.9 Å². The molecule has 0 saturated heterocycles. The molecule has 2 N–H and O–H groups in total. The van der Waals surface area contributed by atoms with Crippen LogP contribution in [-0.2, 0) is 0 Å². The smallest absolute Gasteiger partial charge is 0.141 e. The first-order valence-electron chi connectivity index (χ1n) is 10.6. The highest BCUT2D eigenvalue weighted by molar-refractivity contribution is 7.07. The summed E-state index contributed by atoms with van der Waals surface area (Å²) in [7, 11) is 0. The molecule has 0 amide bonds. The van der Waals surface area contributed by atoms with Crippen molar-refractivity contribution in [2.45, 2.75) is 6.04 Å². The summed E-state index contributed by atoms with van der Waals surface area (Å²) in [6.45, 7) is 0. The van der Waals surface area contributed by atoms with Gasteiger partial charge < -0.3 is 10.6 Å². The van der Waals surface area contributed by atoms with Gasteiger partial charge in [-0.1, -0.05) is 35.3 Å². The van der Waals surface area contributed by atoms with Gasteiger partial charge in [0.05, 0.1) is 44.7 Å². The normalized spacial score (nSPS) is 11.8. The standard InChI is InChI=1S/C26H15Cl2F2N5S/c27-16-7-19-24(34-18-5-6-21(30)20(28)9-18)15(10-31)11-32-26(19)22(8-16)35-25(23-12-36-13-33-23)14-1-3-17(29)4-2-14/h1-9,11-13,25,35H,(H,32,34). The van der Waals surface area contributed by atoms with E-state index in [9.17, 15) is 14.0 Å². The number of hydrogen-bond acceptors (Lipinski definition) is 6. The lowest BCUT2D eigenvalue weighted by Gasteiger charge is -2.21. The van der Waals surface area contributed by atoms with Crippen molar-refractivity contribution in [1.29, 1.82) is 5.26 Å². The molecule has 0 radical (unpaired) electrons. The molecule has 0 fully saturated rings. The van der Waals surface area contributed by atoms with Crippen LogP contribution in [0.5, 0.6) is 0 Å². The van der Waals surface area contributed by atoms with Crippen LogP contribution >= 0.6 is 34.5 Å². The molecule has 0 aliphatic carbocycles. The molecule has 5 nitrogen and oxygen atoms in total. The van der Waals surface area contributed by atoms with E-state index in [1.54, 1.807) is 29.8 Å². The van der Waals surface area contributed by atoms with E-state index in [0.717, 1.165) is 11.3 Å². The number of nitrogens with one attached hydrogen (secondary N) is 2. The van der Waals surface area contributed by atoms with Crippen LogP contribution in [0, 0.1) is 23.0 Å². The van der Waals surface area contributed by atoms with Gasteiger partial charge >= 0.3 is 0 Å². The van der Waals surface area contributed by atoms with Crippen molar-refractivity contribution in [3.05, 3.63) is 110 Å². The van der Waals surface area contributed by atoms with Crippen molar-refractivity contribution in [3.8, 4) is 6.07 Å². The molecule has 0 aliphatic heterocycles. The Labute approximate surface area is 219 Å². The third kappa shape index (κ3) is 4.82. The van der Waals surface area contributed by atoms with Crippen molar-refractivity contribution in [3.63, 3.8) is 0 Å². The Morgan fingerprint density at radius 1 is 1.00 bits per heavy atom. The average Bonchev–Trinajstić information content (AvgIpc) is 3.40. The highest BCUT2D eigenvalue weighted by Gasteiger charge is 2.20. The minimum Gasteiger partial charge on any atom is -0.371 e. The van der Waals surface area contributed by atoms with Crippen molar-refractivity contribution in [1.82, 2.24) is 9.97 Å². The van der Waals surface area contributed by atoms with Crippen LogP contribution in [0.4, 0.5) is 25.8 Å². The molecule has 2 aromatic heterocycles. The highest BCUT2D eigenvalue weighted by Crippen LogP contribution is 2.38. The lowest BCUT2D eigenvalue weighted by atomic mass is 10.0. The Morgan fingerprint density at radius 2 is 1.81 bits per heavy atom. The van der Waals surface area contributed by atoms with Crippen LogP contribution in [-0.4, -0.2) is 9.97 Å². The lowest BCUT2D eigenvalue weighted by Crippen LogP contribution is -2.13. The monoisotopic (exact) mass is 537 g/mol. The van der Waals surface area contributed by atoms with Crippen molar-refractivity contribution >= 4 is 62.5 Å². The quantitative estimate of drug-likeness (QED) is 0.229. The molecule has 178 valence electrons. The van der Waals surface area contributed by atoms with Crippen molar-refractivity contribution in [2.75, 3.05) is 10.6 Å². The number of thiazole rings is 1. The predicted molar refractivity (Wildman–Crippen MR) is 140 cm³/mol. The van der Waals surface area contributed by atoms with Crippen LogP contribution in [0.3, 0.4) is 0 Å². The van der Waals surface area contributed by atoms with E-state index in [1.165, 1.54) is 47.9 Å². The van der Waals surface area contributed by atoms with E-state index in [-0.39, 0.29) is 16.4 Å². The minimum atomic E-state index is -0.550. The summed E-state index contributed by atoms with van der Waals surface area (Å²) in [6, 6.07) is 15.5. The molecule has 0 spiro atoms. The van der Waals surface area contributed by atoms with Gasteiger partial charge in [-0.05, 0) is 48.0 Å². The van der Waals surface area contributed by atoms with Gasteiger partial charge in [0, 0.05) is 27.7 Å². The van der Waals surface area contributed by atoms with Crippen LogP contribution in [0.1, 0.15) is 22.9 Å². The van der Waals surface area contributed by atoms with Gasteiger partial charge in [0.1, 0.15) is 17.7 Å². The van der Waals surface area contributed by atoms with Gasteiger partial charge in [0.2, 0.25) is 0 Å². The SMILES string of the molecule is N#Cc1cnc2c(NC(c3ccc(F)cc3)c3cscn3)cc(Cl)cc2c1Nc1ccc(F)c(Cl)c1. The zero-order valence-corrected chi connectivity index (χ0v) is 20.6. The van der Waals surface area contributed by atoms with Gasteiger partial charge in [-0.2, -0.15) is 5.26 Å². The number of benzene rings is 3. The van der Waals surface area contributed by atoms with E-state index in [1.807, 2.05) is 5.38 Å². The summed E-state index contributed by atoms with van der Waals surface area (Å²) in [5.41, 5.74) is 5.59. The minimum absolute atomic E-state index is 0.0531. The van der Waals surface area contributed by atoms with Crippen molar-refractivity contribution in [2.24, 2.45) is 0 Å². The molecular weight excluding hydrogens is 523 g/mol. The first kappa shape index (κ1) is 23.9. The van der Waals surface area contributed by atoms with Gasteiger partial charge in [0.25, 0.3) is 0 Å². The zero-order chi connectivity index (χ0) is 25.2. The summed E-state index contributed by atoms with van der Waals surface area (Å²) in [4.78, 5) is 8.96. The fourth-order valence-corrected chi connectivity index (χ4v) is 4.80. The molecule has 2 heterocycles. The van der Waals surface area contributed by atoms with E-state index in [0.29, 0.717) is 33.0 Å². The number of anilines is 3. The fraction of sp³-hybridized carbons (Fsp3) is 0.0385. The van der Waals surface area contributed by atoms with E-state index in [2.05, 4.69) is 26.7 Å². The van der Waals surface area contributed by atoms with E-state index >= 15 is 0 Å². The maximum Gasteiger partial charge on any atom is 0.141 e. The van der Waals surface area contributed by atoms with Crippen LogP contribution < -0.4 is 10.6 Å². The predicted octanol–water partition coefficient (Wildman–Crippen LogP) is 8.09. The summed E-state index contributed by atoms with van der Waals surface area (Å²) in [5, 5.41) is 19.1. The third-order valence-electron chi connectivity index (χ3n) is 5.50. The number of nitriles is 1. The number of pyridine rings is 1. The molecule has 5 rings (SSSR count). The average molecular weight is 538 g/mol. The molecule has 10 heteroatoms. The summed E-state index contributed by atoms with van der Waals surface area (Å²) >= 11 is 13.9. The van der Waals surface area contributed by atoms with Gasteiger partial charge in [-0.15, -0.1) is 11.3 Å². The summed E-state index contributed by atoms with van der Waals surface area (Å²) < 4.78 is 27.3. The Balaban J connectivity index is 1.63. The molecule has 0 saturated carbocycles. The summed E-state index contributed by atoms with van der Waals surface area (Å²) in [6.07, 6.45) is 1.45. The fourth-order valence-electron chi connectivity index (χ4n) is 3.82. The molecular formula is C26H15Cl2F2N5S. The Morgan fingerprint density at radius 3 is 2.50 bits per heavy atom. The number of halogens is 4. The first-order valence-corrected chi connectivity index (χ1v) is 12.3. The first-order chi connectivity index (χ1) is 17.4. The molecule has 0 bridgehead atoms. The topological polar surface area (TPSA) is 73.6 Å². The maximum atomic E-state index is 13.7. The van der Waals surface area contributed by atoms with Crippen LogP contribution in [0.15, 0.2) is 71.7 Å². The van der Waals surface area contributed by atoms with Crippen LogP contribution in [0.2, 0.25) is 10.0 Å². The molecule has 36 heavy (non-hydrogen) atoms. The largest absolute Gasteiger partial charge is 0.371 e. The highest BCUT2D eigenvalue weighted by atomic mass is 35.5. The van der Waals surface area contributed by atoms with E-state index in [4.69, 9.17) is 23.2 Å². The van der Waals surface area contributed by atoms with Gasteiger partial charge in [0.15, 0.2) is 0 Å². The second-order valence-corrected chi connectivity index (χ2v) is 9.37. The second kappa shape index (κ2) is 10.1. The number of nitrogens with zero attached hydrogens (tertiary/aromatic N) is 3. The van der Waals surface area contributed by atoms with Gasteiger partial charge in [-0.25, -0.2) is 13.8 Å². The molecule has 3 aromatic carbocycles. The zero-order valence-electron chi connectivity index (χ0n) is 18.3.